The molecule has 3 heterocycles. The Hall–Kier alpha value is -3.68. The highest BCUT2D eigenvalue weighted by molar-refractivity contribution is 5.77. The highest BCUT2D eigenvalue weighted by Crippen LogP contribution is 2.32. The van der Waals surface area contributed by atoms with Gasteiger partial charge in [-0.25, -0.2) is 9.18 Å². The summed E-state index contributed by atoms with van der Waals surface area (Å²) in [7, 11) is 1.60. The maximum absolute atomic E-state index is 14.2. The lowest BCUT2D eigenvalue weighted by atomic mass is 10.1. The van der Waals surface area contributed by atoms with Crippen molar-refractivity contribution in [3.63, 3.8) is 0 Å². The monoisotopic (exact) mass is 433 g/mol. The molecule has 2 aromatic heterocycles. The number of fused-ring (bicyclic) bond motifs is 3. The van der Waals surface area contributed by atoms with E-state index >= 15 is 0 Å². The smallest absolute Gasteiger partial charge is 0.312 e. The van der Waals surface area contributed by atoms with Gasteiger partial charge in [0.25, 0.3) is 5.56 Å². The standard InChI is InChI=1S/C24H24FN5O2/c1-15-8-10-18(11-9-15)28-12-16(2)13-29-20-21(26-23(28)29)27(3)24(32)30(22(20)31)14-17-6-4-5-7-19(17)25/h4-11,16H,12-14H2,1-3H3. The molecule has 0 N–H and O–H groups in total. The minimum absolute atomic E-state index is 0.133. The van der Waals surface area contributed by atoms with E-state index in [1.165, 1.54) is 10.6 Å². The summed E-state index contributed by atoms with van der Waals surface area (Å²) in [5.74, 6) is 0.451. The van der Waals surface area contributed by atoms with Crippen molar-refractivity contribution in [2.75, 3.05) is 11.4 Å². The molecular formula is C24H24FN5O2. The lowest BCUT2D eigenvalue weighted by molar-refractivity contribution is 0.458. The third kappa shape index (κ3) is 3.14. The van der Waals surface area contributed by atoms with Crippen LogP contribution in [0.25, 0.3) is 11.2 Å². The van der Waals surface area contributed by atoms with E-state index in [2.05, 4.69) is 11.8 Å². The molecule has 5 rings (SSSR count). The van der Waals surface area contributed by atoms with Gasteiger partial charge in [-0.2, -0.15) is 4.98 Å². The molecule has 0 fully saturated rings. The molecule has 0 aliphatic carbocycles. The number of nitrogens with zero attached hydrogens (tertiary/aromatic N) is 5. The number of benzene rings is 2. The van der Waals surface area contributed by atoms with Crippen molar-refractivity contribution in [3.8, 4) is 0 Å². The second kappa shape index (κ2) is 7.47. The first-order chi connectivity index (χ1) is 15.3. The molecule has 0 radical (unpaired) electrons. The van der Waals surface area contributed by atoms with Crippen LogP contribution in [0, 0.1) is 18.7 Å². The van der Waals surface area contributed by atoms with Crippen LogP contribution in [0.4, 0.5) is 16.0 Å². The molecule has 0 amide bonds. The van der Waals surface area contributed by atoms with Crippen molar-refractivity contribution in [3.05, 3.63) is 86.3 Å². The molecule has 0 saturated heterocycles. The Balaban J connectivity index is 1.73. The molecule has 0 bridgehead atoms. The van der Waals surface area contributed by atoms with E-state index < -0.39 is 17.1 Å². The first kappa shape index (κ1) is 20.2. The van der Waals surface area contributed by atoms with Gasteiger partial charge in [-0.3, -0.25) is 13.9 Å². The summed E-state index contributed by atoms with van der Waals surface area (Å²) in [6.45, 7) is 5.39. The number of aryl methyl sites for hydroxylation is 2. The Kier molecular flexibility index (Phi) is 4.73. The summed E-state index contributed by atoms with van der Waals surface area (Å²) < 4.78 is 18.6. The minimum atomic E-state index is -0.517. The summed E-state index contributed by atoms with van der Waals surface area (Å²) in [5, 5.41) is 0. The second-order valence-electron chi connectivity index (χ2n) is 8.57. The molecule has 0 spiro atoms. The topological polar surface area (TPSA) is 65.1 Å². The van der Waals surface area contributed by atoms with Gasteiger partial charge in [0.2, 0.25) is 5.95 Å². The van der Waals surface area contributed by atoms with E-state index in [-0.39, 0.29) is 12.5 Å². The molecule has 8 heteroatoms. The van der Waals surface area contributed by atoms with Crippen LogP contribution in [0.2, 0.25) is 0 Å². The number of hydrogen-bond donors (Lipinski definition) is 0. The van der Waals surface area contributed by atoms with Crippen molar-refractivity contribution < 1.29 is 4.39 Å². The Morgan fingerprint density at radius 1 is 1.06 bits per heavy atom. The molecule has 1 aliphatic rings. The molecule has 1 atom stereocenters. The number of anilines is 2. The molecule has 164 valence electrons. The molecule has 1 unspecified atom stereocenters. The highest BCUT2D eigenvalue weighted by Gasteiger charge is 2.29. The van der Waals surface area contributed by atoms with Gasteiger partial charge < -0.3 is 9.47 Å². The predicted octanol–water partition coefficient (Wildman–Crippen LogP) is 3.18. The summed E-state index contributed by atoms with van der Waals surface area (Å²) in [6.07, 6.45) is 0. The Morgan fingerprint density at radius 2 is 1.78 bits per heavy atom. The van der Waals surface area contributed by atoms with Crippen molar-refractivity contribution in [1.82, 2.24) is 18.7 Å². The van der Waals surface area contributed by atoms with E-state index in [0.717, 1.165) is 22.4 Å². The Bertz CT molecular complexity index is 1450. The van der Waals surface area contributed by atoms with Gasteiger partial charge in [-0.15, -0.1) is 0 Å². The summed E-state index contributed by atoms with van der Waals surface area (Å²) in [6, 6.07) is 14.3. The minimum Gasteiger partial charge on any atom is -0.312 e. The van der Waals surface area contributed by atoms with Gasteiger partial charge in [0.15, 0.2) is 11.2 Å². The van der Waals surface area contributed by atoms with Gasteiger partial charge >= 0.3 is 5.69 Å². The first-order valence-electron chi connectivity index (χ1n) is 10.6. The number of hydrogen-bond acceptors (Lipinski definition) is 4. The molecule has 32 heavy (non-hydrogen) atoms. The van der Waals surface area contributed by atoms with Gasteiger partial charge in [0.05, 0.1) is 6.54 Å². The third-order valence-corrected chi connectivity index (χ3v) is 6.07. The normalized spacial score (nSPS) is 15.9. The maximum Gasteiger partial charge on any atom is 0.332 e. The highest BCUT2D eigenvalue weighted by atomic mass is 19.1. The molecule has 0 saturated carbocycles. The zero-order valence-electron chi connectivity index (χ0n) is 18.2. The van der Waals surface area contributed by atoms with Crippen LogP contribution in [0.15, 0.2) is 58.1 Å². The van der Waals surface area contributed by atoms with Crippen molar-refractivity contribution in [1.29, 1.82) is 0 Å². The number of aromatic nitrogens is 4. The van der Waals surface area contributed by atoms with Crippen LogP contribution >= 0.6 is 0 Å². The van der Waals surface area contributed by atoms with Gasteiger partial charge in [-0.05, 0) is 31.0 Å². The van der Waals surface area contributed by atoms with E-state index in [1.54, 1.807) is 25.2 Å². The fourth-order valence-corrected chi connectivity index (χ4v) is 4.38. The fraction of sp³-hybridized carbons (Fsp3) is 0.292. The predicted molar refractivity (Wildman–Crippen MR) is 122 cm³/mol. The molecule has 4 aromatic rings. The van der Waals surface area contributed by atoms with Crippen molar-refractivity contribution >= 4 is 22.8 Å². The van der Waals surface area contributed by atoms with Crippen LogP contribution < -0.4 is 16.1 Å². The number of imidazole rings is 1. The van der Waals surface area contributed by atoms with Crippen molar-refractivity contribution in [2.24, 2.45) is 13.0 Å². The van der Waals surface area contributed by atoms with Crippen LogP contribution in [0.3, 0.4) is 0 Å². The summed E-state index contributed by atoms with van der Waals surface area (Å²) in [4.78, 5) is 33.3. The van der Waals surface area contributed by atoms with E-state index in [9.17, 15) is 14.0 Å². The summed E-state index contributed by atoms with van der Waals surface area (Å²) in [5.41, 5.74) is 2.16. The molecule has 7 nitrogen and oxygen atoms in total. The van der Waals surface area contributed by atoms with E-state index in [1.807, 2.05) is 35.8 Å². The van der Waals surface area contributed by atoms with Crippen molar-refractivity contribution in [2.45, 2.75) is 26.9 Å². The van der Waals surface area contributed by atoms with Gasteiger partial charge in [-0.1, -0.05) is 42.8 Å². The zero-order valence-corrected chi connectivity index (χ0v) is 18.2. The SMILES string of the molecule is Cc1ccc(N2CC(C)Cn3c2nc2c3c(=O)n(Cc3ccccc3F)c(=O)n2C)cc1. The third-order valence-electron chi connectivity index (χ3n) is 6.07. The van der Waals surface area contributed by atoms with Gasteiger partial charge in [0.1, 0.15) is 5.82 Å². The van der Waals surface area contributed by atoms with Crippen LogP contribution in [0.1, 0.15) is 18.1 Å². The summed E-state index contributed by atoms with van der Waals surface area (Å²) >= 11 is 0. The Labute approximate surface area is 184 Å². The zero-order chi connectivity index (χ0) is 22.6. The van der Waals surface area contributed by atoms with Crippen LogP contribution in [-0.4, -0.2) is 25.2 Å². The quantitative estimate of drug-likeness (QED) is 0.498. The average molecular weight is 433 g/mol. The Morgan fingerprint density at radius 3 is 2.50 bits per heavy atom. The fourth-order valence-electron chi connectivity index (χ4n) is 4.38. The molecule has 1 aliphatic heterocycles. The van der Waals surface area contributed by atoms with E-state index in [4.69, 9.17) is 4.98 Å². The lowest BCUT2D eigenvalue weighted by Crippen LogP contribution is -2.40. The largest absolute Gasteiger partial charge is 0.332 e. The maximum atomic E-state index is 14.2. The molecular weight excluding hydrogens is 409 g/mol. The lowest BCUT2D eigenvalue weighted by Gasteiger charge is -2.33. The first-order valence-corrected chi connectivity index (χ1v) is 10.6. The second-order valence-corrected chi connectivity index (χ2v) is 8.57. The van der Waals surface area contributed by atoms with Crippen LogP contribution in [-0.2, 0) is 20.1 Å². The average Bonchev–Trinajstić information content (AvgIpc) is 3.16. The van der Waals surface area contributed by atoms with Gasteiger partial charge in [0, 0.05) is 31.4 Å². The van der Waals surface area contributed by atoms with E-state index in [0.29, 0.717) is 29.2 Å². The number of halogens is 1. The number of rotatable bonds is 3. The molecule has 2 aromatic carbocycles. The van der Waals surface area contributed by atoms with Crippen LogP contribution in [0.5, 0.6) is 0 Å².